The van der Waals surface area contributed by atoms with Crippen molar-refractivity contribution in [2.75, 3.05) is 19.5 Å². The van der Waals surface area contributed by atoms with Gasteiger partial charge in [0.25, 0.3) is 0 Å². The first-order chi connectivity index (χ1) is 8.24. The number of methoxy groups -OCH3 is 1. The molecule has 1 unspecified atom stereocenters. The number of nitrogen functional groups attached to an aromatic ring is 1. The van der Waals surface area contributed by atoms with Crippen LogP contribution in [0.4, 0.5) is 5.69 Å². The van der Waals surface area contributed by atoms with Crippen molar-refractivity contribution in [2.45, 2.75) is 40.9 Å². The van der Waals surface area contributed by atoms with E-state index in [0.717, 1.165) is 22.4 Å². The van der Waals surface area contributed by atoms with E-state index < -0.39 is 0 Å². The van der Waals surface area contributed by atoms with Gasteiger partial charge in [0.15, 0.2) is 6.29 Å². The summed E-state index contributed by atoms with van der Waals surface area (Å²) in [4.78, 5) is 0. The SMILES string of the molecule is COC(OCC(C)(C)C)c1cc(C)c(N)c(C)c1. The zero-order chi connectivity index (χ0) is 13.9. The summed E-state index contributed by atoms with van der Waals surface area (Å²) < 4.78 is 11.2. The van der Waals surface area contributed by atoms with Crippen LogP contribution in [0.25, 0.3) is 0 Å². The van der Waals surface area contributed by atoms with Gasteiger partial charge in [-0.2, -0.15) is 0 Å². The van der Waals surface area contributed by atoms with Crippen LogP contribution in [0.15, 0.2) is 12.1 Å². The summed E-state index contributed by atoms with van der Waals surface area (Å²) in [6.45, 7) is 11.1. The van der Waals surface area contributed by atoms with E-state index in [9.17, 15) is 0 Å². The van der Waals surface area contributed by atoms with Crippen molar-refractivity contribution in [3.63, 3.8) is 0 Å². The molecule has 0 aliphatic carbocycles. The van der Waals surface area contributed by atoms with E-state index in [4.69, 9.17) is 15.2 Å². The second-order valence-corrected chi connectivity index (χ2v) is 6.01. The van der Waals surface area contributed by atoms with Gasteiger partial charge in [-0.25, -0.2) is 0 Å². The minimum absolute atomic E-state index is 0.120. The third-order valence-electron chi connectivity index (χ3n) is 2.77. The standard InChI is InChI=1S/C15H25NO2/c1-10-7-12(8-11(2)13(10)16)14(17-6)18-9-15(3,4)5/h7-8,14H,9,16H2,1-6H3. The quantitative estimate of drug-likeness (QED) is 0.657. The zero-order valence-electron chi connectivity index (χ0n) is 12.3. The highest BCUT2D eigenvalue weighted by atomic mass is 16.7. The predicted octanol–water partition coefficient (Wildman–Crippen LogP) is 3.59. The summed E-state index contributed by atoms with van der Waals surface area (Å²) in [7, 11) is 1.66. The van der Waals surface area contributed by atoms with Crippen LogP contribution in [0, 0.1) is 19.3 Å². The van der Waals surface area contributed by atoms with Gasteiger partial charge in [-0.1, -0.05) is 20.8 Å². The third kappa shape index (κ3) is 4.00. The van der Waals surface area contributed by atoms with E-state index in [1.807, 2.05) is 26.0 Å². The van der Waals surface area contributed by atoms with Gasteiger partial charge in [-0.3, -0.25) is 0 Å². The van der Waals surface area contributed by atoms with Crippen molar-refractivity contribution in [1.29, 1.82) is 0 Å². The minimum Gasteiger partial charge on any atom is -0.398 e. The number of ether oxygens (including phenoxy) is 2. The molecule has 0 radical (unpaired) electrons. The van der Waals surface area contributed by atoms with Crippen LogP contribution < -0.4 is 5.73 Å². The molecule has 1 rings (SSSR count). The minimum atomic E-state index is -0.331. The molecular weight excluding hydrogens is 226 g/mol. The van der Waals surface area contributed by atoms with Gasteiger partial charge in [-0.15, -0.1) is 0 Å². The van der Waals surface area contributed by atoms with E-state index in [1.165, 1.54) is 0 Å². The Labute approximate surface area is 110 Å². The number of aryl methyl sites for hydroxylation is 2. The van der Waals surface area contributed by atoms with Gasteiger partial charge in [0.2, 0.25) is 0 Å². The second-order valence-electron chi connectivity index (χ2n) is 6.01. The number of benzene rings is 1. The Morgan fingerprint density at radius 1 is 1.17 bits per heavy atom. The summed E-state index contributed by atoms with van der Waals surface area (Å²) in [6.07, 6.45) is -0.331. The average molecular weight is 251 g/mol. The Morgan fingerprint density at radius 2 is 1.67 bits per heavy atom. The van der Waals surface area contributed by atoms with E-state index >= 15 is 0 Å². The predicted molar refractivity (Wildman–Crippen MR) is 75.5 cm³/mol. The summed E-state index contributed by atoms with van der Waals surface area (Å²) in [5.41, 5.74) is 10.1. The topological polar surface area (TPSA) is 44.5 Å². The molecule has 3 heteroatoms. The van der Waals surface area contributed by atoms with Crippen molar-refractivity contribution < 1.29 is 9.47 Å². The maximum absolute atomic E-state index is 5.95. The summed E-state index contributed by atoms with van der Waals surface area (Å²) in [6, 6.07) is 4.05. The average Bonchev–Trinajstić information content (AvgIpc) is 2.25. The molecule has 18 heavy (non-hydrogen) atoms. The highest BCUT2D eigenvalue weighted by Gasteiger charge is 2.17. The normalized spacial score (nSPS) is 13.7. The molecule has 1 aromatic carbocycles. The molecule has 0 bridgehead atoms. The Hall–Kier alpha value is -1.06. The molecule has 3 nitrogen and oxygen atoms in total. The van der Waals surface area contributed by atoms with Crippen LogP contribution in [0.5, 0.6) is 0 Å². The van der Waals surface area contributed by atoms with Crippen LogP contribution in [0.2, 0.25) is 0 Å². The molecule has 0 aliphatic rings. The highest BCUT2D eigenvalue weighted by Crippen LogP contribution is 2.27. The van der Waals surface area contributed by atoms with Crippen LogP contribution >= 0.6 is 0 Å². The molecule has 0 spiro atoms. The molecule has 2 N–H and O–H groups in total. The molecule has 1 atom stereocenters. The van der Waals surface area contributed by atoms with Crippen molar-refractivity contribution in [2.24, 2.45) is 5.41 Å². The first-order valence-corrected chi connectivity index (χ1v) is 6.25. The number of rotatable bonds is 4. The van der Waals surface area contributed by atoms with Gasteiger partial charge in [0.05, 0.1) is 6.61 Å². The Bertz CT molecular complexity index is 384. The van der Waals surface area contributed by atoms with Crippen LogP contribution in [0.3, 0.4) is 0 Å². The van der Waals surface area contributed by atoms with Gasteiger partial charge < -0.3 is 15.2 Å². The van der Waals surface area contributed by atoms with Crippen molar-refractivity contribution in [3.8, 4) is 0 Å². The summed E-state index contributed by atoms with van der Waals surface area (Å²) >= 11 is 0. The first kappa shape index (κ1) is 15.0. The first-order valence-electron chi connectivity index (χ1n) is 6.25. The van der Waals surface area contributed by atoms with Crippen molar-refractivity contribution in [3.05, 3.63) is 28.8 Å². The van der Waals surface area contributed by atoms with Gasteiger partial charge in [0.1, 0.15) is 0 Å². The number of hydrogen-bond acceptors (Lipinski definition) is 3. The maximum Gasteiger partial charge on any atom is 0.183 e. The lowest BCUT2D eigenvalue weighted by Gasteiger charge is -2.24. The smallest absolute Gasteiger partial charge is 0.183 e. The summed E-state index contributed by atoms with van der Waals surface area (Å²) in [5.74, 6) is 0. The van der Waals surface area contributed by atoms with Crippen molar-refractivity contribution in [1.82, 2.24) is 0 Å². The van der Waals surface area contributed by atoms with E-state index in [-0.39, 0.29) is 11.7 Å². The van der Waals surface area contributed by atoms with Gasteiger partial charge in [0, 0.05) is 18.4 Å². The zero-order valence-corrected chi connectivity index (χ0v) is 12.3. The molecule has 0 saturated carbocycles. The largest absolute Gasteiger partial charge is 0.398 e. The van der Waals surface area contributed by atoms with Crippen LogP contribution in [-0.4, -0.2) is 13.7 Å². The molecule has 0 aliphatic heterocycles. The Balaban J connectivity index is 2.89. The Morgan fingerprint density at radius 3 is 2.06 bits per heavy atom. The molecule has 0 fully saturated rings. The molecule has 0 amide bonds. The maximum atomic E-state index is 5.95. The molecule has 0 heterocycles. The lowest BCUT2D eigenvalue weighted by molar-refractivity contribution is -0.144. The van der Waals surface area contributed by atoms with Gasteiger partial charge in [-0.05, 0) is 42.5 Å². The van der Waals surface area contributed by atoms with Crippen LogP contribution in [-0.2, 0) is 9.47 Å². The van der Waals surface area contributed by atoms with E-state index in [0.29, 0.717) is 6.61 Å². The van der Waals surface area contributed by atoms with E-state index in [2.05, 4.69) is 20.8 Å². The molecular formula is C15H25NO2. The molecule has 0 aromatic heterocycles. The van der Waals surface area contributed by atoms with Crippen molar-refractivity contribution >= 4 is 5.69 Å². The fraction of sp³-hybridized carbons (Fsp3) is 0.600. The number of anilines is 1. The number of hydrogen-bond donors (Lipinski definition) is 1. The second kappa shape index (κ2) is 5.72. The number of nitrogens with two attached hydrogens (primary N) is 1. The molecule has 1 aromatic rings. The lowest BCUT2D eigenvalue weighted by atomic mass is 9.98. The summed E-state index contributed by atoms with van der Waals surface area (Å²) in [5, 5.41) is 0. The monoisotopic (exact) mass is 251 g/mol. The Kier molecular flexibility index (Phi) is 4.77. The molecule has 102 valence electrons. The highest BCUT2D eigenvalue weighted by molar-refractivity contribution is 5.54. The van der Waals surface area contributed by atoms with E-state index in [1.54, 1.807) is 7.11 Å². The lowest BCUT2D eigenvalue weighted by Crippen LogP contribution is -2.18. The third-order valence-corrected chi connectivity index (χ3v) is 2.77. The fourth-order valence-electron chi connectivity index (χ4n) is 1.77. The molecule has 0 saturated heterocycles. The van der Waals surface area contributed by atoms with Gasteiger partial charge >= 0.3 is 0 Å². The fourth-order valence-corrected chi connectivity index (χ4v) is 1.77. The van der Waals surface area contributed by atoms with Crippen LogP contribution in [0.1, 0.15) is 43.8 Å².